The lowest BCUT2D eigenvalue weighted by molar-refractivity contribution is -0.137. The van der Waals surface area contributed by atoms with Gasteiger partial charge in [-0.15, -0.1) is 0 Å². The van der Waals surface area contributed by atoms with Gasteiger partial charge in [0.05, 0.1) is 6.42 Å². The highest BCUT2D eigenvalue weighted by Gasteiger charge is 2.15. The Morgan fingerprint density at radius 3 is 2.43 bits per heavy atom. The third kappa shape index (κ3) is 7.34. The monoisotopic (exact) mass is 292 g/mol. The molecule has 2 atom stereocenters. The number of rotatable bonds is 8. The fraction of sp³-hybridized carbons (Fsp3) is 0.500. The molecule has 2 amide bonds. The van der Waals surface area contributed by atoms with Gasteiger partial charge in [-0.1, -0.05) is 37.3 Å². The van der Waals surface area contributed by atoms with Crippen LogP contribution in [0.2, 0.25) is 0 Å². The molecule has 3 N–H and O–H groups in total. The van der Waals surface area contributed by atoms with Gasteiger partial charge in [0.1, 0.15) is 0 Å². The van der Waals surface area contributed by atoms with Gasteiger partial charge in [-0.25, -0.2) is 4.79 Å². The molecule has 0 aliphatic heterocycles. The second kappa shape index (κ2) is 9.00. The number of amides is 2. The minimum atomic E-state index is -0.903. The molecule has 0 aliphatic rings. The lowest BCUT2D eigenvalue weighted by atomic mass is 10.1. The first-order valence-electron chi connectivity index (χ1n) is 7.34. The highest BCUT2D eigenvalue weighted by molar-refractivity contribution is 5.75. The number of aryl methyl sites for hydroxylation is 1. The Morgan fingerprint density at radius 2 is 1.86 bits per heavy atom. The summed E-state index contributed by atoms with van der Waals surface area (Å²) in [5, 5.41) is 14.3. The second-order valence-electron chi connectivity index (χ2n) is 5.25. The summed E-state index contributed by atoms with van der Waals surface area (Å²) in [4.78, 5) is 22.5. The van der Waals surface area contributed by atoms with E-state index >= 15 is 0 Å². The molecule has 0 heterocycles. The van der Waals surface area contributed by atoms with E-state index in [4.69, 9.17) is 5.11 Å². The lowest BCUT2D eigenvalue weighted by Crippen LogP contribution is -2.46. The Bertz CT molecular complexity index is 448. The molecule has 0 spiro atoms. The average Bonchev–Trinajstić information content (AvgIpc) is 2.45. The van der Waals surface area contributed by atoms with Crippen molar-refractivity contribution in [1.82, 2.24) is 10.6 Å². The molecule has 0 saturated carbocycles. The van der Waals surface area contributed by atoms with Crippen LogP contribution in [-0.4, -0.2) is 29.2 Å². The van der Waals surface area contributed by atoms with Crippen LogP contribution in [0.25, 0.3) is 0 Å². The number of nitrogens with one attached hydrogen (secondary N) is 2. The molecule has 21 heavy (non-hydrogen) atoms. The number of hydrogen-bond acceptors (Lipinski definition) is 2. The molecular weight excluding hydrogens is 268 g/mol. The molecule has 5 nitrogen and oxygen atoms in total. The zero-order chi connectivity index (χ0) is 15.7. The third-order valence-corrected chi connectivity index (χ3v) is 3.34. The van der Waals surface area contributed by atoms with Crippen LogP contribution in [0.4, 0.5) is 4.79 Å². The van der Waals surface area contributed by atoms with Gasteiger partial charge in [-0.3, -0.25) is 4.79 Å². The first kappa shape index (κ1) is 17.0. The van der Waals surface area contributed by atoms with E-state index in [1.54, 1.807) is 0 Å². The predicted molar refractivity (Wildman–Crippen MR) is 82.2 cm³/mol. The van der Waals surface area contributed by atoms with Crippen molar-refractivity contribution in [2.24, 2.45) is 0 Å². The van der Waals surface area contributed by atoms with E-state index in [1.807, 2.05) is 32.0 Å². The quantitative estimate of drug-likeness (QED) is 0.689. The van der Waals surface area contributed by atoms with Crippen molar-refractivity contribution >= 4 is 12.0 Å². The number of urea groups is 1. The van der Waals surface area contributed by atoms with Gasteiger partial charge in [0.25, 0.3) is 0 Å². The lowest BCUT2D eigenvalue weighted by Gasteiger charge is -2.19. The summed E-state index contributed by atoms with van der Waals surface area (Å²) in [7, 11) is 0. The van der Waals surface area contributed by atoms with E-state index in [0.717, 1.165) is 12.8 Å². The molecule has 1 aromatic carbocycles. The zero-order valence-electron chi connectivity index (χ0n) is 12.6. The van der Waals surface area contributed by atoms with Crippen LogP contribution in [0.15, 0.2) is 30.3 Å². The van der Waals surface area contributed by atoms with Crippen molar-refractivity contribution in [2.75, 3.05) is 0 Å². The van der Waals surface area contributed by atoms with Crippen molar-refractivity contribution in [2.45, 2.75) is 51.6 Å². The summed E-state index contributed by atoms with van der Waals surface area (Å²) in [6, 6.07) is 9.50. The van der Waals surface area contributed by atoms with Crippen LogP contribution in [0.1, 0.15) is 38.7 Å². The summed E-state index contributed by atoms with van der Waals surface area (Å²) in [6.07, 6.45) is 2.28. The van der Waals surface area contributed by atoms with Gasteiger partial charge in [0.2, 0.25) is 0 Å². The topological polar surface area (TPSA) is 78.4 Å². The van der Waals surface area contributed by atoms with Crippen molar-refractivity contribution < 1.29 is 14.7 Å². The number of carboxylic acid groups (broad SMARTS) is 1. The number of carboxylic acids is 1. The van der Waals surface area contributed by atoms with Crippen LogP contribution in [0.3, 0.4) is 0 Å². The molecular formula is C16H24N2O3. The fourth-order valence-electron chi connectivity index (χ4n) is 2.06. The second-order valence-corrected chi connectivity index (χ2v) is 5.25. The molecule has 1 aromatic rings. The van der Waals surface area contributed by atoms with E-state index in [-0.39, 0.29) is 24.5 Å². The van der Waals surface area contributed by atoms with Crippen LogP contribution < -0.4 is 10.6 Å². The van der Waals surface area contributed by atoms with Gasteiger partial charge < -0.3 is 15.7 Å². The molecule has 0 bridgehead atoms. The molecule has 2 unspecified atom stereocenters. The third-order valence-electron chi connectivity index (χ3n) is 3.34. The van der Waals surface area contributed by atoms with Crippen LogP contribution in [-0.2, 0) is 11.2 Å². The maximum atomic E-state index is 11.8. The highest BCUT2D eigenvalue weighted by Crippen LogP contribution is 2.05. The van der Waals surface area contributed by atoms with E-state index in [1.165, 1.54) is 5.56 Å². The molecule has 0 radical (unpaired) electrons. The van der Waals surface area contributed by atoms with Crippen LogP contribution in [0.5, 0.6) is 0 Å². The van der Waals surface area contributed by atoms with Gasteiger partial charge in [-0.2, -0.15) is 0 Å². The maximum absolute atomic E-state index is 11.8. The van der Waals surface area contributed by atoms with Crippen molar-refractivity contribution in [3.05, 3.63) is 35.9 Å². The minimum Gasteiger partial charge on any atom is -0.481 e. The summed E-state index contributed by atoms with van der Waals surface area (Å²) in [6.45, 7) is 3.80. The molecule has 0 aliphatic carbocycles. The summed E-state index contributed by atoms with van der Waals surface area (Å²) >= 11 is 0. The normalized spacial score (nSPS) is 13.2. The van der Waals surface area contributed by atoms with Gasteiger partial charge in [0, 0.05) is 12.1 Å². The SMILES string of the molecule is CCC(CC(=O)O)NC(=O)NC(C)CCc1ccccc1. The number of benzene rings is 1. The highest BCUT2D eigenvalue weighted by atomic mass is 16.4. The van der Waals surface area contributed by atoms with E-state index in [9.17, 15) is 9.59 Å². The number of aliphatic carboxylic acids is 1. The number of carbonyl (C=O) groups is 2. The van der Waals surface area contributed by atoms with Crippen LogP contribution in [0, 0.1) is 0 Å². The van der Waals surface area contributed by atoms with Gasteiger partial charge in [0.15, 0.2) is 0 Å². The Kier molecular flexibility index (Phi) is 7.29. The first-order chi connectivity index (χ1) is 10.0. The average molecular weight is 292 g/mol. The van der Waals surface area contributed by atoms with E-state index in [0.29, 0.717) is 6.42 Å². The minimum absolute atomic E-state index is 0.0348. The van der Waals surface area contributed by atoms with Gasteiger partial charge >= 0.3 is 12.0 Å². The molecule has 1 rings (SSSR count). The molecule has 0 aromatic heterocycles. The Balaban J connectivity index is 2.31. The maximum Gasteiger partial charge on any atom is 0.315 e. The Morgan fingerprint density at radius 1 is 1.19 bits per heavy atom. The molecule has 116 valence electrons. The molecule has 0 saturated heterocycles. The Labute approximate surface area is 125 Å². The smallest absolute Gasteiger partial charge is 0.315 e. The molecule has 5 heteroatoms. The van der Waals surface area contributed by atoms with Gasteiger partial charge in [-0.05, 0) is 31.7 Å². The summed E-state index contributed by atoms with van der Waals surface area (Å²) in [5.41, 5.74) is 1.24. The zero-order valence-corrected chi connectivity index (χ0v) is 12.6. The number of hydrogen-bond donors (Lipinski definition) is 3. The summed E-state index contributed by atoms with van der Waals surface area (Å²) < 4.78 is 0. The summed E-state index contributed by atoms with van der Waals surface area (Å²) in [5.74, 6) is -0.903. The first-order valence-corrected chi connectivity index (χ1v) is 7.34. The predicted octanol–water partition coefficient (Wildman–Crippen LogP) is 2.56. The van der Waals surface area contributed by atoms with Crippen molar-refractivity contribution in [3.63, 3.8) is 0 Å². The van der Waals surface area contributed by atoms with Crippen molar-refractivity contribution in [3.8, 4) is 0 Å². The van der Waals surface area contributed by atoms with Crippen LogP contribution >= 0.6 is 0 Å². The van der Waals surface area contributed by atoms with Crippen molar-refractivity contribution in [1.29, 1.82) is 0 Å². The number of carbonyl (C=O) groups excluding carboxylic acids is 1. The molecule has 0 fully saturated rings. The van der Waals surface area contributed by atoms with E-state index in [2.05, 4.69) is 22.8 Å². The largest absolute Gasteiger partial charge is 0.481 e. The fourth-order valence-corrected chi connectivity index (χ4v) is 2.06. The van der Waals surface area contributed by atoms with E-state index < -0.39 is 5.97 Å². The Hall–Kier alpha value is -2.04. The standard InChI is InChI=1S/C16H24N2O3/c1-3-14(11-15(19)20)18-16(21)17-12(2)9-10-13-7-5-4-6-8-13/h4-8,12,14H,3,9-11H2,1-2H3,(H,19,20)(H2,17,18,21).